The number of halogens is 2. The van der Waals surface area contributed by atoms with Crippen molar-refractivity contribution in [2.45, 2.75) is 83.2 Å². The number of aliphatic hydroxyl groups excluding tert-OH is 1. The summed E-state index contributed by atoms with van der Waals surface area (Å²) in [4.78, 5) is 4.48. The summed E-state index contributed by atoms with van der Waals surface area (Å²) in [7, 11) is 3.90. The Morgan fingerprint density at radius 1 is 1.16 bits per heavy atom. The predicted octanol–water partition coefficient (Wildman–Crippen LogP) is 6.19. The van der Waals surface area contributed by atoms with Gasteiger partial charge in [0.1, 0.15) is 5.76 Å². The monoisotopic (exact) mass is 446 g/mol. The van der Waals surface area contributed by atoms with Gasteiger partial charge in [0.25, 0.3) is 0 Å². The summed E-state index contributed by atoms with van der Waals surface area (Å²) in [6.07, 6.45) is 7.98. The molecule has 0 radical (unpaired) electrons. The number of allylic oxidation sites excluding steroid dienone is 2. The Bertz CT molecular complexity index is 857. The fourth-order valence-electron chi connectivity index (χ4n) is 5.24. The smallest absolute Gasteiger partial charge is 0.162 e. The highest BCUT2D eigenvalue weighted by Crippen LogP contribution is 2.43. The molecule has 2 fully saturated rings. The largest absolute Gasteiger partial charge is 0.510 e. The molecule has 1 N–H and O–H groups in total. The minimum atomic E-state index is -0.798. The summed E-state index contributed by atoms with van der Waals surface area (Å²) in [5.41, 5.74) is 1.59. The predicted molar refractivity (Wildman–Crippen MR) is 128 cm³/mol. The highest BCUT2D eigenvalue weighted by molar-refractivity contribution is 5.41. The lowest BCUT2D eigenvalue weighted by Crippen LogP contribution is -2.52. The van der Waals surface area contributed by atoms with Gasteiger partial charge in [-0.15, -0.1) is 0 Å². The molecular formula is C27H40F2N2O. The number of nitrogens with zero attached hydrogens (tertiary/aromatic N) is 2. The molecule has 0 spiro atoms. The SMILES string of the molecule is C=C(C)/C(Cc1ccc(CCCN2CCCC[C@@H]2C)c(F)c1F)=C(\O)C1(N(C)C)CCC1. The summed E-state index contributed by atoms with van der Waals surface area (Å²) in [6.45, 7) is 10.1. The Morgan fingerprint density at radius 2 is 1.81 bits per heavy atom. The average molecular weight is 447 g/mol. The van der Waals surface area contributed by atoms with Gasteiger partial charge in [-0.1, -0.05) is 30.7 Å². The molecule has 1 heterocycles. The molecule has 1 saturated heterocycles. The van der Waals surface area contributed by atoms with Crippen molar-refractivity contribution in [3.05, 3.63) is 58.4 Å². The summed E-state index contributed by atoms with van der Waals surface area (Å²) < 4.78 is 29.9. The quantitative estimate of drug-likeness (QED) is 0.362. The topological polar surface area (TPSA) is 26.7 Å². The Kier molecular flexibility index (Phi) is 8.16. The molecule has 178 valence electrons. The number of aryl methyl sites for hydroxylation is 1. The van der Waals surface area contributed by atoms with E-state index in [1.165, 1.54) is 19.3 Å². The van der Waals surface area contributed by atoms with Crippen molar-refractivity contribution in [2.24, 2.45) is 0 Å². The number of rotatable bonds is 9. The minimum Gasteiger partial charge on any atom is -0.510 e. The fourth-order valence-corrected chi connectivity index (χ4v) is 5.24. The summed E-state index contributed by atoms with van der Waals surface area (Å²) in [5.74, 6) is -1.30. The van der Waals surface area contributed by atoms with Crippen LogP contribution in [-0.4, -0.2) is 53.7 Å². The van der Waals surface area contributed by atoms with E-state index in [1.54, 1.807) is 12.1 Å². The van der Waals surface area contributed by atoms with Gasteiger partial charge in [-0.05, 0) is 103 Å². The van der Waals surface area contributed by atoms with Crippen LogP contribution in [0.5, 0.6) is 0 Å². The zero-order chi connectivity index (χ0) is 23.5. The van der Waals surface area contributed by atoms with Crippen molar-refractivity contribution >= 4 is 0 Å². The number of hydrogen-bond donors (Lipinski definition) is 1. The van der Waals surface area contributed by atoms with Crippen LogP contribution in [0, 0.1) is 11.6 Å². The van der Waals surface area contributed by atoms with Crippen LogP contribution in [0.2, 0.25) is 0 Å². The first-order valence-electron chi connectivity index (χ1n) is 12.1. The standard InChI is InChI=1S/C27H40F2N2O/c1-19(2)23(26(32)27(30(4)5)14-9-15-27)18-22-13-12-21(24(28)25(22)29)11-8-17-31-16-7-6-10-20(31)3/h12-13,20,32H,1,6-11,14-18H2,2-5H3/b26-23-/t20-/m0/s1. The molecule has 1 atom stereocenters. The third-order valence-electron chi connectivity index (χ3n) is 7.72. The summed E-state index contributed by atoms with van der Waals surface area (Å²) in [6, 6.07) is 3.97. The Morgan fingerprint density at radius 3 is 2.38 bits per heavy atom. The van der Waals surface area contributed by atoms with Gasteiger partial charge in [0.05, 0.1) is 5.54 Å². The second-order valence-corrected chi connectivity index (χ2v) is 10.1. The summed E-state index contributed by atoms with van der Waals surface area (Å²) >= 11 is 0. The number of likely N-dealkylation sites (tertiary alicyclic amines) is 1. The number of likely N-dealkylation sites (N-methyl/N-ethyl adjacent to an activating group) is 1. The van der Waals surface area contributed by atoms with E-state index in [0.29, 0.717) is 29.2 Å². The van der Waals surface area contributed by atoms with Crippen LogP contribution < -0.4 is 0 Å². The lowest BCUT2D eigenvalue weighted by molar-refractivity contribution is 0.0518. The van der Waals surface area contributed by atoms with E-state index in [1.807, 2.05) is 25.9 Å². The lowest BCUT2D eigenvalue weighted by Gasteiger charge is -2.47. The highest BCUT2D eigenvalue weighted by atomic mass is 19.2. The maximum absolute atomic E-state index is 15.0. The molecule has 3 rings (SSSR count). The van der Waals surface area contributed by atoms with Gasteiger partial charge >= 0.3 is 0 Å². The van der Waals surface area contributed by atoms with Gasteiger partial charge in [0.15, 0.2) is 11.6 Å². The van der Waals surface area contributed by atoms with E-state index in [9.17, 15) is 9.50 Å². The average Bonchev–Trinajstić information content (AvgIpc) is 2.70. The van der Waals surface area contributed by atoms with Crippen molar-refractivity contribution in [3.8, 4) is 0 Å². The van der Waals surface area contributed by atoms with Gasteiger partial charge in [-0.3, -0.25) is 4.90 Å². The highest BCUT2D eigenvalue weighted by Gasteiger charge is 2.44. The molecule has 1 saturated carbocycles. The maximum Gasteiger partial charge on any atom is 0.162 e. The second-order valence-electron chi connectivity index (χ2n) is 10.1. The van der Waals surface area contributed by atoms with Gasteiger partial charge < -0.3 is 10.0 Å². The lowest BCUT2D eigenvalue weighted by atomic mass is 9.72. The number of benzene rings is 1. The van der Waals surface area contributed by atoms with Crippen LogP contribution in [0.15, 0.2) is 35.6 Å². The van der Waals surface area contributed by atoms with E-state index >= 15 is 4.39 Å². The number of aliphatic hydroxyl groups is 1. The first-order chi connectivity index (χ1) is 15.2. The van der Waals surface area contributed by atoms with Gasteiger partial charge in [-0.25, -0.2) is 8.78 Å². The molecule has 1 aromatic carbocycles. The Hall–Kier alpha value is -1.72. The maximum atomic E-state index is 15.0. The minimum absolute atomic E-state index is 0.144. The van der Waals surface area contributed by atoms with Crippen molar-refractivity contribution in [1.82, 2.24) is 9.80 Å². The number of hydrogen-bond acceptors (Lipinski definition) is 3. The number of piperidine rings is 1. The van der Waals surface area contributed by atoms with Gasteiger partial charge in [0.2, 0.25) is 0 Å². The zero-order valence-corrected chi connectivity index (χ0v) is 20.3. The van der Waals surface area contributed by atoms with Crippen LogP contribution in [0.25, 0.3) is 0 Å². The van der Waals surface area contributed by atoms with E-state index in [2.05, 4.69) is 18.4 Å². The molecule has 0 unspecified atom stereocenters. The van der Waals surface area contributed by atoms with E-state index in [4.69, 9.17) is 0 Å². The van der Waals surface area contributed by atoms with Crippen LogP contribution in [0.4, 0.5) is 8.78 Å². The molecule has 5 heteroatoms. The first-order valence-corrected chi connectivity index (χ1v) is 12.1. The Balaban J connectivity index is 1.73. The van der Waals surface area contributed by atoms with Crippen molar-refractivity contribution in [3.63, 3.8) is 0 Å². The molecule has 32 heavy (non-hydrogen) atoms. The van der Waals surface area contributed by atoms with Gasteiger partial charge in [0, 0.05) is 12.5 Å². The molecule has 1 aliphatic heterocycles. The third kappa shape index (κ3) is 5.09. The zero-order valence-electron chi connectivity index (χ0n) is 20.3. The normalized spacial score (nSPS) is 21.9. The third-order valence-corrected chi connectivity index (χ3v) is 7.72. The van der Waals surface area contributed by atoms with E-state index < -0.39 is 17.2 Å². The van der Waals surface area contributed by atoms with E-state index in [-0.39, 0.29) is 17.7 Å². The van der Waals surface area contributed by atoms with E-state index in [0.717, 1.165) is 38.8 Å². The summed E-state index contributed by atoms with van der Waals surface area (Å²) in [5, 5.41) is 11.1. The second kappa shape index (κ2) is 10.5. The molecule has 0 aromatic heterocycles. The van der Waals surface area contributed by atoms with Crippen molar-refractivity contribution in [1.29, 1.82) is 0 Å². The Labute approximate surface area is 192 Å². The van der Waals surface area contributed by atoms with Crippen LogP contribution >= 0.6 is 0 Å². The first kappa shape index (κ1) is 24.9. The molecule has 0 bridgehead atoms. The molecule has 1 aliphatic carbocycles. The molecule has 3 nitrogen and oxygen atoms in total. The fraction of sp³-hybridized carbons (Fsp3) is 0.630. The van der Waals surface area contributed by atoms with Crippen molar-refractivity contribution in [2.75, 3.05) is 27.2 Å². The molecule has 0 amide bonds. The molecular weight excluding hydrogens is 406 g/mol. The molecule has 2 aliphatic rings. The van der Waals surface area contributed by atoms with Crippen LogP contribution in [0.1, 0.15) is 69.9 Å². The van der Waals surface area contributed by atoms with Crippen molar-refractivity contribution < 1.29 is 13.9 Å². The van der Waals surface area contributed by atoms with Crippen LogP contribution in [-0.2, 0) is 12.8 Å². The van der Waals surface area contributed by atoms with Gasteiger partial charge in [-0.2, -0.15) is 0 Å². The molecule has 1 aromatic rings. The van der Waals surface area contributed by atoms with Crippen LogP contribution in [0.3, 0.4) is 0 Å².